The van der Waals surface area contributed by atoms with E-state index in [-0.39, 0.29) is 13.3 Å². The first kappa shape index (κ1) is 19.6. The van der Waals surface area contributed by atoms with Crippen molar-refractivity contribution in [1.82, 2.24) is 19.9 Å². The van der Waals surface area contributed by atoms with Crippen molar-refractivity contribution in [3.63, 3.8) is 0 Å². The molecule has 9 heteroatoms. The van der Waals surface area contributed by atoms with Gasteiger partial charge < -0.3 is 15.7 Å². The highest BCUT2D eigenvalue weighted by molar-refractivity contribution is 7.15. The van der Waals surface area contributed by atoms with Gasteiger partial charge in [-0.15, -0.1) is 0 Å². The van der Waals surface area contributed by atoms with Crippen LogP contribution in [0.3, 0.4) is 0 Å². The van der Waals surface area contributed by atoms with Crippen molar-refractivity contribution in [3.05, 3.63) is 35.5 Å². The summed E-state index contributed by atoms with van der Waals surface area (Å²) in [6, 6.07) is 7.08. The molecule has 0 aliphatic carbocycles. The molecule has 30 heavy (non-hydrogen) atoms. The van der Waals surface area contributed by atoms with Crippen LogP contribution in [0.15, 0.2) is 30.6 Å². The fraction of sp³-hybridized carbons (Fsp3) is 0.476. The Morgan fingerprint density at radius 2 is 2.07 bits per heavy atom. The van der Waals surface area contributed by atoms with Crippen LogP contribution < -0.4 is 10.6 Å². The number of halogens is 1. The summed E-state index contributed by atoms with van der Waals surface area (Å²) in [7, 11) is 0. The number of thiazole rings is 1. The minimum Gasteiger partial charge on any atom is -0.391 e. The zero-order valence-electron chi connectivity index (χ0n) is 16.6. The first-order valence-corrected chi connectivity index (χ1v) is 11.2. The first-order chi connectivity index (χ1) is 14.7. The number of pyridine rings is 2. The quantitative estimate of drug-likeness (QED) is 0.529. The average Bonchev–Trinajstić information content (AvgIpc) is 3.29. The van der Waals surface area contributed by atoms with Gasteiger partial charge in [-0.2, -0.15) is 0 Å². The van der Waals surface area contributed by atoms with Crippen LogP contribution >= 0.6 is 11.3 Å². The van der Waals surface area contributed by atoms with Gasteiger partial charge in [-0.05, 0) is 37.8 Å². The minimum absolute atomic E-state index is 0.0255. The Kier molecular flexibility index (Phi) is 5.49. The third kappa shape index (κ3) is 3.84. The molecule has 0 saturated carbocycles. The molecule has 3 aromatic heterocycles. The lowest BCUT2D eigenvalue weighted by Gasteiger charge is -2.39. The maximum atomic E-state index is 12.9. The van der Waals surface area contributed by atoms with Gasteiger partial charge in [-0.1, -0.05) is 11.3 Å². The summed E-state index contributed by atoms with van der Waals surface area (Å²) in [6.45, 7) is 0.254. The molecule has 0 radical (unpaired) electrons. The molecule has 0 aromatic carbocycles. The molecule has 5 heterocycles. The van der Waals surface area contributed by atoms with E-state index in [1.54, 1.807) is 12.4 Å². The average molecular weight is 429 g/mol. The number of nitrogens with zero attached hydrogens (tertiary/aromatic N) is 4. The van der Waals surface area contributed by atoms with Crippen LogP contribution in [-0.4, -0.2) is 56.3 Å². The van der Waals surface area contributed by atoms with Crippen molar-refractivity contribution in [2.75, 3.05) is 23.9 Å². The molecular formula is C21H25FN6OS. The van der Waals surface area contributed by atoms with Crippen molar-refractivity contribution in [1.29, 1.82) is 0 Å². The summed E-state index contributed by atoms with van der Waals surface area (Å²) in [5.41, 5.74) is 0.856. The first-order valence-electron chi connectivity index (χ1n) is 10.4. The van der Waals surface area contributed by atoms with E-state index in [4.69, 9.17) is 4.98 Å². The SMILES string of the molecule is OCc1cnc(Nc2cc3ncccc3c(NC3CC4CCC(C3)N4CCF)n2)s1. The smallest absolute Gasteiger partial charge is 0.188 e. The van der Waals surface area contributed by atoms with E-state index in [1.807, 2.05) is 18.2 Å². The molecule has 2 saturated heterocycles. The van der Waals surface area contributed by atoms with Crippen molar-refractivity contribution in [2.45, 2.75) is 50.4 Å². The molecule has 3 N–H and O–H groups in total. The van der Waals surface area contributed by atoms with E-state index in [2.05, 4.69) is 25.5 Å². The number of nitrogens with one attached hydrogen (secondary N) is 2. The fourth-order valence-corrected chi connectivity index (χ4v) is 5.52. The molecule has 2 unspecified atom stereocenters. The molecule has 3 aromatic rings. The Hall–Kier alpha value is -2.36. The monoisotopic (exact) mass is 428 g/mol. The number of aliphatic hydroxyl groups excluding tert-OH is 1. The molecule has 2 aliphatic heterocycles. The Morgan fingerprint density at radius 1 is 1.23 bits per heavy atom. The number of aromatic nitrogens is 3. The van der Waals surface area contributed by atoms with Gasteiger partial charge >= 0.3 is 0 Å². The van der Waals surface area contributed by atoms with Crippen molar-refractivity contribution >= 4 is 39.0 Å². The van der Waals surface area contributed by atoms with Gasteiger partial charge in [0.25, 0.3) is 0 Å². The topological polar surface area (TPSA) is 86.2 Å². The van der Waals surface area contributed by atoms with Gasteiger partial charge in [0.2, 0.25) is 0 Å². The van der Waals surface area contributed by atoms with Gasteiger partial charge in [0.15, 0.2) is 5.13 Å². The number of alkyl halides is 1. The van der Waals surface area contributed by atoms with Gasteiger partial charge in [-0.3, -0.25) is 9.88 Å². The van der Waals surface area contributed by atoms with Crippen LogP contribution in [0.4, 0.5) is 21.2 Å². The Labute approximate surface area is 178 Å². The molecule has 0 spiro atoms. The van der Waals surface area contributed by atoms with E-state index >= 15 is 0 Å². The van der Waals surface area contributed by atoms with E-state index in [1.165, 1.54) is 11.3 Å². The second-order valence-electron chi connectivity index (χ2n) is 7.97. The zero-order chi connectivity index (χ0) is 20.5. The number of anilines is 3. The third-order valence-corrected chi connectivity index (χ3v) is 7.01. The standard InChI is InChI=1S/C21H25FN6OS/c22-5-7-28-14-3-4-15(28)9-13(8-14)25-20-17-2-1-6-23-18(17)10-19(26-20)27-21-24-11-16(12-29)30-21/h1-2,6,10-11,13-15,29H,3-5,7-9,12H2,(H2,24,25,26,27). The molecule has 0 amide bonds. The molecule has 2 atom stereocenters. The van der Waals surface area contributed by atoms with Crippen LogP contribution in [0.1, 0.15) is 30.6 Å². The van der Waals surface area contributed by atoms with Crippen LogP contribution in [0.5, 0.6) is 0 Å². The number of aliphatic hydroxyl groups is 1. The van der Waals surface area contributed by atoms with Crippen molar-refractivity contribution in [2.24, 2.45) is 0 Å². The zero-order valence-corrected chi connectivity index (χ0v) is 17.4. The molecule has 2 fully saturated rings. The van der Waals surface area contributed by atoms with Crippen molar-refractivity contribution in [3.8, 4) is 0 Å². The number of piperidine rings is 1. The van der Waals surface area contributed by atoms with Gasteiger partial charge in [-0.25, -0.2) is 14.4 Å². The van der Waals surface area contributed by atoms with Crippen molar-refractivity contribution < 1.29 is 9.50 Å². The highest BCUT2D eigenvalue weighted by atomic mass is 32.1. The lowest BCUT2D eigenvalue weighted by molar-refractivity contribution is 0.123. The number of rotatable bonds is 7. The lowest BCUT2D eigenvalue weighted by atomic mass is 9.97. The van der Waals surface area contributed by atoms with Crippen LogP contribution in [-0.2, 0) is 6.61 Å². The number of hydrogen-bond donors (Lipinski definition) is 3. The number of hydrogen-bond acceptors (Lipinski definition) is 8. The minimum atomic E-state index is -0.272. The second-order valence-corrected chi connectivity index (χ2v) is 9.08. The largest absolute Gasteiger partial charge is 0.391 e. The second kappa shape index (κ2) is 8.41. The highest BCUT2D eigenvalue weighted by Gasteiger charge is 2.40. The maximum absolute atomic E-state index is 12.9. The predicted molar refractivity (Wildman–Crippen MR) is 117 cm³/mol. The lowest BCUT2D eigenvalue weighted by Crippen LogP contribution is -2.47. The van der Waals surface area contributed by atoms with Crippen LogP contribution in [0.2, 0.25) is 0 Å². The Morgan fingerprint density at radius 3 is 2.80 bits per heavy atom. The summed E-state index contributed by atoms with van der Waals surface area (Å²) in [5.74, 6) is 1.48. The van der Waals surface area contributed by atoms with Gasteiger partial charge in [0, 0.05) is 48.5 Å². The number of fused-ring (bicyclic) bond motifs is 3. The molecule has 158 valence electrons. The van der Waals surface area contributed by atoms with Gasteiger partial charge in [0.05, 0.1) is 17.0 Å². The molecule has 2 aliphatic rings. The van der Waals surface area contributed by atoms with E-state index in [0.717, 1.165) is 47.3 Å². The summed E-state index contributed by atoms with van der Waals surface area (Å²) in [5, 5.41) is 17.8. The third-order valence-electron chi connectivity index (χ3n) is 6.11. The van der Waals surface area contributed by atoms with Crippen LogP contribution in [0, 0.1) is 0 Å². The van der Waals surface area contributed by atoms with Crippen LogP contribution in [0.25, 0.3) is 10.9 Å². The van der Waals surface area contributed by atoms with Gasteiger partial charge in [0.1, 0.15) is 18.3 Å². The molecule has 2 bridgehead atoms. The summed E-state index contributed by atoms with van der Waals surface area (Å²) in [6.07, 6.45) is 7.74. The molecule has 7 nitrogen and oxygen atoms in total. The fourth-order valence-electron chi connectivity index (χ4n) is 4.85. The highest BCUT2D eigenvalue weighted by Crippen LogP contribution is 2.37. The Balaban J connectivity index is 1.39. The summed E-state index contributed by atoms with van der Waals surface area (Å²) < 4.78 is 12.9. The summed E-state index contributed by atoms with van der Waals surface area (Å²) >= 11 is 1.40. The molecular weight excluding hydrogens is 403 g/mol. The van der Waals surface area contributed by atoms with E-state index < -0.39 is 0 Å². The summed E-state index contributed by atoms with van der Waals surface area (Å²) in [4.78, 5) is 16.8. The maximum Gasteiger partial charge on any atom is 0.188 e. The molecule has 5 rings (SSSR count). The predicted octanol–water partition coefficient (Wildman–Crippen LogP) is 3.70. The van der Waals surface area contributed by atoms with E-state index in [0.29, 0.717) is 35.6 Å². The normalized spacial score (nSPS) is 23.7. The Bertz CT molecular complexity index is 1020. The van der Waals surface area contributed by atoms with E-state index in [9.17, 15) is 9.50 Å².